The lowest BCUT2D eigenvalue weighted by molar-refractivity contribution is 0.162. The minimum absolute atomic E-state index is 0.225. The molecule has 1 heterocycles. The highest BCUT2D eigenvalue weighted by atomic mass is 16.2. The molecule has 1 saturated heterocycles. The van der Waals surface area contributed by atoms with Crippen molar-refractivity contribution in [2.45, 2.75) is 46.0 Å². The second-order valence-corrected chi connectivity index (χ2v) is 5.29. The monoisotopic (exact) mass is 226 g/mol. The molecule has 2 amide bonds. The van der Waals surface area contributed by atoms with Crippen molar-refractivity contribution >= 4 is 6.03 Å². The molecule has 1 aliphatic rings. The van der Waals surface area contributed by atoms with Crippen molar-refractivity contribution in [3.8, 4) is 0 Å². The number of urea groups is 1. The van der Waals surface area contributed by atoms with E-state index < -0.39 is 0 Å². The van der Waals surface area contributed by atoms with Gasteiger partial charge in [-0.15, -0.1) is 0 Å². The van der Waals surface area contributed by atoms with Gasteiger partial charge in [-0.05, 0) is 25.2 Å². The van der Waals surface area contributed by atoms with Crippen molar-refractivity contribution in [2.75, 3.05) is 26.7 Å². The summed E-state index contributed by atoms with van der Waals surface area (Å²) in [5.41, 5.74) is 0. The van der Waals surface area contributed by atoms with Crippen LogP contribution in [-0.4, -0.2) is 42.5 Å². The fourth-order valence-corrected chi connectivity index (χ4v) is 2.05. The Labute approximate surface area is 99.8 Å². The van der Waals surface area contributed by atoms with Crippen LogP contribution in [-0.2, 0) is 0 Å². The maximum Gasteiger partial charge on any atom is 0.319 e. The Morgan fingerprint density at radius 2 is 1.75 bits per heavy atom. The summed E-state index contributed by atoms with van der Waals surface area (Å²) in [6, 6.07) is 0.225. The maximum atomic E-state index is 12.1. The molecule has 1 rings (SSSR count). The van der Waals surface area contributed by atoms with E-state index in [0.717, 1.165) is 26.1 Å². The number of hydrogen-bond donors (Lipinski definition) is 0. The minimum atomic E-state index is 0.225. The summed E-state index contributed by atoms with van der Waals surface area (Å²) in [6.45, 7) is 7.18. The second kappa shape index (κ2) is 6.77. The molecular formula is C13H26N2O. The Hall–Kier alpha value is -0.730. The lowest BCUT2D eigenvalue weighted by Gasteiger charge is -2.27. The summed E-state index contributed by atoms with van der Waals surface area (Å²) in [6.07, 6.45) is 5.99. The number of rotatable bonds is 3. The van der Waals surface area contributed by atoms with Crippen molar-refractivity contribution in [3.63, 3.8) is 0 Å². The Morgan fingerprint density at radius 1 is 1.19 bits per heavy atom. The molecular weight excluding hydrogens is 200 g/mol. The third-order valence-electron chi connectivity index (χ3n) is 3.24. The zero-order valence-electron chi connectivity index (χ0n) is 11.0. The van der Waals surface area contributed by atoms with E-state index in [9.17, 15) is 4.79 Å². The molecule has 0 aromatic heterocycles. The van der Waals surface area contributed by atoms with Gasteiger partial charge in [-0.3, -0.25) is 0 Å². The van der Waals surface area contributed by atoms with Crippen LogP contribution in [0.2, 0.25) is 0 Å². The summed E-state index contributed by atoms with van der Waals surface area (Å²) in [5.74, 6) is 0.666. The second-order valence-electron chi connectivity index (χ2n) is 5.29. The molecule has 3 heteroatoms. The molecule has 94 valence electrons. The molecule has 16 heavy (non-hydrogen) atoms. The molecule has 0 aromatic rings. The van der Waals surface area contributed by atoms with Crippen LogP contribution >= 0.6 is 0 Å². The first-order valence-electron chi connectivity index (χ1n) is 6.61. The Balaban J connectivity index is 2.35. The lowest BCUT2D eigenvalue weighted by Crippen LogP contribution is -2.42. The highest BCUT2D eigenvalue weighted by Gasteiger charge is 2.18. The Kier molecular flexibility index (Phi) is 5.64. The summed E-state index contributed by atoms with van der Waals surface area (Å²) in [4.78, 5) is 16.0. The van der Waals surface area contributed by atoms with Crippen LogP contribution in [0.25, 0.3) is 0 Å². The average Bonchev–Trinajstić information content (AvgIpc) is 2.53. The Bertz CT molecular complexity index is 208. The van der Waals surface area contributed by atoms with Crippen LogP contribution in [0.1, 0.15) is 46.0 Å². The first kappa shape index (κ1) is 13.3. The largest absolute Gasteiger partial charge is 0.328 e. The molecule has 0 atom stereocenters. The van der Waals surface area contributed by atoms with Crippen molar-refractivity contribution in [2.24, 2.45) is 5.92 Å². The van der Waals surface area contributed by atoms with Crippen molar-refractivity contribution in [3.05, 3.63) is 0 Å². The van der Waals surface area contributed by atoms with Crippen LogP contribution in [0.4, 0.5) is 4.79 Å². The maximum absolute atomic E-state index is 12.1. The van der Waals surface area contributed by atoms with Crippen molar-refractivity contribution in [1.82, 2.24) is 9.80 Å². The number of carbonyl (C=O) groups excluding carboxylic acids is 1. The van der Waals surface area contributed by atoms with Crippen LogP contribution in [0, 0.1) is 5.92 Å². The van der Waals surface area contributed by atoms with Gasteiger partial charge in [0.25, 0.3) is 0 Å². The summed E-state index contributed by atoms with van der Waals surface area (Å²) < 4.78 is 0. The number of amides is 2. The van der Waals surface area contributed by atoms with Crippen LogP contribution in [0.15, 0.2) is 0 Å². The topological polar surface area (TPSA) is 23.6 Å². The fourth-order valence-electron chi connectivity index (χ4n) is 2.05. The zero-order chi connectivity index (χ0) is 12.0. The highest BCUT2D eigenvalue weighted by molar-refractivity contribution is 5.74. The molecule has 3 nitrogen and oxygen atoms in total. The fraction of sp³-hybridized carbons (Fsp3) is 0.923. The molecule has 0 unspecified atom stereocenters. The highest BCUT2D eigenvalue weighted by Crippen LogP contribution is 2.12. The van der Waals surface area contributed by atoms with E-state index in [2.05, 4.69) is 13.8 Å². The van der Waals surface area contributed by atoms with E-state index in [4.69, 9.17) is 0 Å². The smallest absolute Gasteiger partial charge is 0.319 e. The van der Waals surface area contributed by atoms with Gasteiger partial charge in [-0.2, -0.15) is 0 Å². The first-order chi connectivity index (χ1) is 7.61. The number of hydrogen-bond acceptors (Lipinski definition) is 1. The summed E-state index contributed by atoms with van der Waals surface area (Å²) >= 11 is 0. The molecule has 1 aliphatic heterocycles. The van der Waals surface area contributed by atoms with Gasteiger partial charge < -0.3 is 9.80 Å². The summed E-state index contributed by atoms with van der Waals surface area (Å²) in [5, 5.41) is 0. The number of carbonyl (C=O) groups is 1. The molecule has 0 bridgehead atoms. The van der Waals surface area contributed by atoms with Gasteiger partial charge in [0, 0.05) is 26.7 Å². The van der Waals surface area contributed by atoms with E-state index in [0.29, 0.717) is 5.92 Å². The first-order valence-corrected chi connectivity index (χ1v) is 6.61. The molecule has 0 aliphatic carbocycles. The lowest BCUT2D eigenvalue weighted by atomic mass is 10.1. The normalized spacial score (nSPS) is 17.4. The Morgan fingerprint density at radius 3 is 2.25 bits per heavy atom. The number of nitrogens with zero attached hydrogens (tertiary/aromatic N) is 2. The summed E-state index contributed by atoms with van der Waals surface area (Å²) in [7, 11) is 1.93. The van der Waals surface area contributed by atoms with Gasteiger partial charge in [-0.25, -0.2) is 4.79 Å². The zero-order valence-corrected chi connectivity index (χ0v) is 11.0. The van der Waals surface area contributed by atoms with E-state index in [1.54, 1.807) is 0 Å². The molecule has 0 radical (unpaired) electrons. The SMILES string of the molecule is CC(C)CCN(C)C(=O)N1CCCCCC1. The van der Waals surface area contributed by atoms with E-state index in [-0.39, 0.29) is 6.03 Å². The van der Waals surface area contributed by atoms with Crippen LogP contribution in [0.3, 0.4) is 0 Å². The quantitative estimate of drug-likeness (QED) is 0.725. The standard InChI is InChI=1S/C13H26N2O/c1-12(2)8-11-14(3)13(16)15-9-6-4-5-7-10-15/h12H,4-11H2,1-3H3. The predicted molar refractivity (Wildman–Crippen MR) is 67.5 cm³/mol. The van der Waals surface area contributed by atoms with Crippen molar-refractivity contribution in [1.29, 1.82) is 0 Å². The predicted octanol–water partition coefficient (Wildman–Crippen LogP) is 2.96. The van der Waals surface area contributed by atoms with Crippen LogP contribution < -0.4 is 0 Å². The van der Waals surface area contributed by atoms with Gasteiger partial charge in [-0.1, -0.05) is 26.7 Å². The van der Waals surface area contributed by atoms with E-state index in [1.165, 1.54) is 25.7 Å². The third-order valence-corrected chi connectivity index (χ3v) is 3.24. The minimum Gasteiger partial charge on any atom is -0.328 e. The van der Waals surface area contributed by atoms with Gasteiger partial charge in [0.15, 0.2) is 0 Å². The van der Waals surface area contributed by atoms with Gasteiger partial charge in [0.05, 0.1) is 0 Å². The van der Waals surface area contributed by atoms with E-state index in [1.807, 2.05) is 16.8 Å². The molecule has 0 aromatic carbocycles. The van der Waals surface area contributed by atoms with E-state index >= 15 is 0 Å². The van der Waals surface area contributed by atoms with Crippen molar-refractivity contribution < 1.29 is 4.79 Å². The average molecular weight is 226 g/mol. The van der Waals surface area contributed by atoms with Gasteiger partial charge in [0.2, 0.25) is 0 Å². The third kappa shape index (κ3) is 4.42. The molecule has 0 N–H and O–H groups in total. The molecule has 0 spiro atoms. The van der Waals surface area contributed by atoms with Gasteiger partial charge >= 0.3 is 6.03 Å². The van der Waals surface area contributed by atoms with Crippen LogP contribution in [0.5, 0.6) is 0 Å². The molecule has 0 saturated carbocycles. The molecule has 1 fully saturated rings. The van der Waals surface area contributed by atoms with Gasteiger partial charge in [0.1, 0.15) is 0 Å². The number of likely N-dealkylation sites (tertiary alicyclic amines) is 1.